The van der Waals surface area contributed by atoms with Gasteiger partial charge in [0.15, 0.2) is 5.12 Å². The number of rotatable bonds is 11. The van der Waals surface area contributed by atoms with Crippen LogP contribution < -0.4 is 0 Å². The predicted octanol–water partition coefficient (Wildman–Crippen LogP) is 10.4. The number of carbonyl (C=O) groups is 1. The van der Waals surface area contributed by atoms with Crippen LogP contribution in [0.25, 0.3) is 0 Å². The molecule has 3 saturated carbocycles. The summed E-state index contributed by atoms with van der Waals surface area (Å²) < 4.78 is 0. The third-order valence-electron chi connectivity index (χ3n) is 11.7. The minimum atomic E-state index is 0.415. The topological polar surface area (TPSA) is 17.1 Å². The highest BCUT2D eigenvalue weighted by molar-refractivity contribution is 8.14. The summed E-state index contributed by atoms with van der Waals surface area (Å²) in [6.07, 6.45) is 25.7. The monoisotopic (exact) mass is 500 g/mol. The fourth-order valence-corrected chi connectivity index (χ4v) is 10.4. The third-order valence-corrected chi connectivity index (χ3v) is 12.8. The summed E-state index contributed by atoms with van der Waals surface area (Å²) in [5, 5.41) is 0.975. The lowest BCUT2D eigenvalue weighted by Crippen LogP contribution is -2.50. The number of allylic oxidation sites excluding steroid dienone is 2. The molecule has 0 aliphatic heterocycles. The SMILES string of the molecule is CCCCCCCC[C@@H]1CC[C@H]2[C@H]3CC=C4C[C@@H](SC(=O)C[C@@H](C)CC)CC[C@]4(C)[C@@H]3CC[C@]12C. The molecular weight excluding hydrogens is 444 g/mol. The second-order valence-electron chi connectivity index (χ2n) is 13.7. The van der Waals surface area contributed by atoms with Gasteiger partial charge in [0.25, 0.3) is 0 Å². The molecule has 1 nitrogen and oxygen atoms in total. The Balaban J connectivity index is 1.35. The molecule has 4 aliphatic rings. The van der Waals surface area contributed by atoms with Crippen molar-refractivity contribution < 1.29 is 4.79 Å². The van der Waals surface area contributed by atoms with Crippen LogP contribution in [-0.2, 0) is 4.79 Å². The molecule has 0 heterocycles. The van der Waals surface area contributed by atoms with Crippen LogP contribution in [0.1, 0.15) is 144 Å². The molecule has 4 rings (SSSR count). The summed E-state index contributed by atoms with van der Waals surface area (Å²) in [6, 6.07) is 0. The number of unbranched alkanes of at least 4 members (excludes halogenated alkanes) is 5. The third kappa shape index (κ3) is 5.93. The van der Waals surface area contributed by atoms with Crippen LogP contribution in [0.15, 0.2) is 11.6 Å². The highest BCUT2D eigenvalue weighted by atomic mass is 32.2. The van der Waals surface area contributed by atoms with E-state index in [9.17, 15) is 4.79 Å². The zero-order valence-corrected chi connectivity index (χ0v) is 24.7. The Kier molecular flexibility index (Phi) is 9.59. The van der Waals surface area contributed by atoms with E-state index in [0.717, 1.165) is 36.5 Å². The zero-order valence-electron chi connectivity index (χ0n) is 23.9. The van der Waals surface area contributed by atoms with Crippen molar-refractivity contribution in [3.05, 3.63) is 11.6 Å². The number of carbonyl (C=O) groups excluding carboxylic acids is 1. The molecule has 4 aliphatic carbocycles. The molecule has 2 heteroatoms. The Bertz CT molecular complexity index is 741. The second-order valence-corrected chi connectivity index (χ2v) is 15.1. The summed E-state index contributed by atoms with van der Waals surface area (Å²) in [5.41, 5.74) is 2.77. The number of thioether (sulfide) groups is 1. The molecule has 3 fully saturated rings. The van der Waals surface area contributed by atoms with E-state index in [1.54, 1.807) is 17.3 Å². The van der Waals surface area contributed by atoms with Gasteiger partial charge in [-0.25, -0.2) is 0 Å². The minimum absolute atomic E-state index is 0.415. The van der Waals surface area contributed by atoms with Gasteiger partial charge in [0.2, 0.25) is 0 Å². The quantitative estimate of drug-likeness (QED) is 0.207. The summed E-state index contributed by atoms with van der Waals surface area (Å²) in [6.45, 7) is 12.1. The van der Waals surface area contributed by atoms with Crippen LogP contribution in [0.2, 0.25) is 0 Å². The standard InChI is InChI=1S/C33H56OS/c1-6-8-9-10-11-12-13-25-15-17-29-28-16-14-26-23-27(35-31(34)22-24(3)7-2)18-20-33(26,5)30(28)19-21-32(25,29)4/h14,24-25,27-30H,6-13,15-23H2,1-5H3/t24-,25+,27-,28+,29-,30+,32+,33-/m0/s1. The van der Waals surface area contributed by atoms with Gasteiger partial charge >= 0.3 is 0 Å². The van der Waals surface area contributed by atoms with Crippen molar-refractivity contribution in [3.63, 3.8) is 0 Å². The van der Waals surface area contributed by atoms with Gasteiger partial charge < -0.3 is 0 Å². The molecule has 35 heavy (non-hydrogen) atoms. The first-order valence-corrected chi connectivity index (χ1v) is 16.6. The average molecular weight is 501 g/mol. The van der Waals surface area contributed by atoms with E-state index in [-0.39, 0.29) is 0 Å². The first-order chi connectivity index (χ1) is 16.8. The smallest absolute Gasteiger partial charge is 0.189 e. The van der Waals surface area contributed by atoms with E-state index in [0.29, 0.717) is 27.1 Å². The number of hydrogen-bond donors (Lipinski definition) is 0. The fourth-order valence-electron chi connectivity index (χ4n) is 9.15. The Morgan fingerprint density at radius 2 is 1.77 bits per heavy atom. The molecule has 0 aromatic rings. The Morgan fingerprint density at radius 1 is 1.00 bits per heavy atom. The van der Waals surface area contributed by atoms with Gasteiger partial charge in [-0.1, -0.05) is 103 Å². The van der Waals surface area contributed by atoms with Gasteiger partial charge in [0.05, 0.1) is 0 Å². The normalized spacial score (nSPS) is 39.3. The molecule has 0 amide bonds. The summed E-state index contributed by atoms with van der Waals surface area (Å²) >= 11 is 1.70. The van der Waals surface area contributed by atoms with Gasteiger partial charge in [-0.2, -0.15) is 0 Å². The number of fused-ring (bicyclic) bond motifs is 5. The zero-order chi connectivity index (χ0) is 25.1. The summed E-state index contributed by atoms with van der Waals surface area (Å²) in [7, 11) is 0. The molecule has 0 aromatic heterocycles. The lowest BCUT2D eigenvalue weighted by atomic mass is 9.47. The maximum atomic E-state index is 12.6. The van der Waals surface area contributed by atoms with E-state index in [2.05, 4.69) is 40.7 Å². The highest BCUT2D eigenvalue weighted by Gasteiger charge is 2.58. The molecule has 0 aromatic carbocycles. The van der Waals surface area contributed by atoms with Crippen LogP contribution in [0, 0.1) is 40.4 Å². The van der Waals surface area contributed by atoms with Crippen LogP contribution in [0.5, 0.6) is 0 Å². The van der Waals surface area contributed by atoms with E-state index < -0.39 is 0 Å². The van der Waals surface area contributed by atoms with Crippen molar-refractivity contribution in [2.45, 2.75) is 149 Å². The largest absolute Gasteiger partial charge is 0.287 e. The van der Waals surface area contributed by atoms with Gasteiger partial charge in [-0.3, -0.25) is 4.79 Å². The van der Waals surface area contributed by atoms with Gasteiger partial charge in [-0.15, -0.1) is 0 Å². The summed E-state index contributed by atoms with van der Waals surface area (Å²) in [4.78, 5) is 12.6. The van der Waals surface area contributed by atoms with E-state index in [4.69, 9.17) is 0 Å². The molecule has 0 spiro atoms. The summed E-state index contributed by atoms with van der Waals surface area (Å²) in [5.74, 6) is 4.31. The van der Waals surface area contributed by atoms with Crippen LogP contribution in [0.4, 0.5) is 0 Å². The maximum absolute atomic E-state index is 12.6. The van der Waals surface area contributed by atoms with E-state index >= 15 is 0 Å². The fraction of sp³-hybridized carbons (Fsp3) is 0.909. The van der Waals surface area contributed by atoms with Crippen LogP contribution in [-0.4, -0.2) is 10.4 Å². The first kappa shape index (κ1) is 27.8. The first-order valence-electron chi connectivity index (χ1n) is 15.7. The van der Waals surface area contributed by atoms with Crippen molar-refractivity contribution in [1.82, 2.24) is 0 Å². The average Bonchev–Trinajstić information content (AvgIpc) is 3.17. The molecule has 200 valence electrons. The van der Waals surface area contributed by atoms with Crippen LogP contribution >= 0.6 is 11.8 Å². The molecule has 0 unspecified atom stereocenters. The van der Waals surface area contributed by atoms with Gasteiger partial charge in [0, 0.05) is 11.7 Å². The van der Waals surface area contributed by atoms with Crippen molar-refractivity contribution in [3.8, 4) is 0 Å². The second kappa shape index (κ2) is 12.1. The van der Waals surface area contributed by atoms with Crippen molar-refractivity contribution in [2.24, 2.45) is 40.4 Å². The lowest BCUT2D eigenvalue weighted by molar-refractivity contribution is -0.111. The Morgan fingerprint density at radius 3 is 2.54 bits per heavy atom. The number of hydrogen-bond acceptors (Lipinski definition) is 2. The Hall–Kier alpha value is -0.240. The van der Waals surface area contributed by atoms with Gasteiger partial charge in [0.1, 0.15) is 0 Å². The van der Waals surface area contributed by atoms with Crippen molar-refractivity contribution >= 4 is 16.9 Å². The van der Waals surface area contributed by atoms with Crippen molar-refractivity contribution in [1.29, 1.82) is 0 Å². The molecule has 0 saturated heterocycles. The van der Waals surface area contributed by atoms with E-state index in [1.807, 2.05) is 0 Å². The predicted molar refractivity (Wildman–Crippen MR) is 154 cm³/mol. The molecule has 0 radical (unpaired) electrons. The molecular formula is C33H56OS. The van der Waals surface area contributed by atoms with Crippen molar-refractivity contribution in [2.75, 3.05) is 0 Å². The molecule has 0 N–H and O–H groups in total. The minimum Gasteiger partial charge on any atom is -0.287 e. The van der Waals surface area contributed by atoms with E-state index in [1.165, 1.54) is 96.3 Å². The van der Waals surface area contributed by atoms with Crippen LogP contribution in [0.3, 0.4) is 0 Å². The highest BCUT2D eigenvalue weighted by Crippen LogP contribution is 2.67. The Labute approximate surface area is 222 Å². The lowest BCUT2D eigenvalue weighted by Gasteiger charge is -2.58. The van der Waals surface area contributed by atoms with Gasteiger partial charge in [-0.05, 0) is 98.2 Å². The molecule has 0 bridgehead atoms. The maximum Gasteiger partial charge on any atom is 0.189 e. The molecule has 8 atom stereocenters.